The van der Waals surface area contributed by atoms with E-state index in [2.05, 4.69) is 25.2 Å². The fourth-order valence-corrected chi connectivity index (χ4v) is 5.46. The van der Waals surface area contributed by atoms with Crippen LogP contribution in [-0.4, -0.2) is 68.3 Å². The van der Waals surface area contributed by atoms with Crippen LogP contribution in [0.25, 0.3) is 5.65 Å². The predicted molar refractivity (Wildman–Crippen MR) is 132 cm³/mol. The van der Waals surface area contributed by atoms with E-state index in [1.807, 2.05) is 6.92 Å². The van der Waals surface area contributed by atoms with Gasteiger partial charge in [0.15, 0.2) is 5.65 Å². The zero-order valence-corrected chi connectivity index (χ0v) is 20.9. The number of anilines is 1. The summed E-state index contributed by atoms with van der Waals surface area (Å²) in [7, 11) is 0. The van der Waals surface area contributed by atoms with Crippen LogP contribution in [0, 0.1) is 5.82 Å². The molecule has 0 unspecified atom stereocenters. The van der Waals surface area contributed by atoms with Crippen LogP contribution in [0.5, 0.6) is 0 Å². The van der Waals surface area contributed by atoms with E-state index in [1.54, 1.807) is 19.2 Å². The first kappa shape index (κ1) is 25.5. The molecule has 0 saturated carbocycles. The van der Waals surface area contributed by atoms with Gasteiger partial charge < -0.3 is 15.3 Å². The Balaban J connectivity index is 1.33. The number of nitrogens with zero attached hydrogens (tertiary/aromatic N) is 5. The van der Waals surface area contributed by atoms with Crippen LogP contribution in [0.15, 0.2) is 36.8 Å². The van der Waals surface area contributed by atoms with Gasteiger partial charge in [-0.05, 0) is 39.2 Å². The van der Waals surface area contributed by atoms with Crippen molar-refractivity contribution in [2.75, 3.05) is 31.1 Å². The van der Waals surface area contributed by atoms with E-state index in [1.165, 1.54) is 23.0 Å². The molecule has 0 spiro atoms. The first-order valence-electron chi connectivity index (χ1n) is 12.5. The van der Waals surface area contributed by atoms with Gasteiger partial charge >= 0.3 is 0 Å². The maximum absolute atomic E-state index is 14.6. The molecule has 2 atom stereocenters. The highest BCUT2D eigenvalue weighted by molar-refractivity contribution is 5.96. The number of aromatic nitrogens is 3. The van der Waals surface area contributed by atoms with Crippen LogP contribution in [0.1, 0.15) is 67.1 Å². The maximum atomic E-state index is 14.6. The van der Waals surface area contributed by atoms with Crippen molar-refractivity contribution in [3.63, 3.8) is 0 Å². The maximum Gasteiger partial charge on any atom is 0.266 e. The fraction of sp³-hybridized carbons (Fsp3) is 0.500. The number of pyridine rings is 1. The highest BCUT2D eigenvalue weighted by atomic mass is 19.3. The average Bonchev–Trinajstić information content (AvgIpc) is 3.49. The smallest absolute Gasteiger partial charge is 0.266 e. The molecule has 2 fully saturated rings. The lowest BCUT2D eigenvalue weighted by Gasteiger charge is -2.38. The second kappa shape index (κ2) is 9.94. The van der Waals surface area contributed by atoms with Crippen LogP contribution in [0.3, 0.4) is 0 Å². The SMILES string of the molecule is C[C@@H](NC(=O)c1cc(N2CCC(N3CC[C@@](C)(O)C3)CC2)c2ncnn2c1)c1cccc(C(F)F)c1F. The Labute approximate surface area is 213 Å². The third-order valence-corrected chi connectivity index (χ3v) is 7.53. The van der Waals surface area contributed by atoms with E-state index < -0.39 is 35.4 Å². The summed E-state index contributed by atoms with van der Waals surface area (Å²) in [6, 6.07) is 5.11. The third kappa shape index (κ3) is 5.15. The van der Waals surface area contributed by atoms with Crippen LogP contribution in [0.2, 0.25) is 0 Å². The van der Waals surface area contributed by atoms with Gasteiger partial charge in [-0.15, -0.1) is 0 Å². The molecule has 0 radical (unpaired) electrons. The van der Waals surface area contributed by atoms with Crippen LogP contribution < -0.4 is 10.2 Å². The highest BCUT2D eigenvalue weighted by Crippen LogP contribution is 2.31. The number of benzene rings is 1. The van der Waals surface area contributed by atoms with Crippen LogP contribution in [0.4, 0.5) is 18.9 Å². The van der Waals surface area contributed by atoms with Gasteiger partial charge in [0.05, 0.1) is 28.5 Å². The molecule has 2 aliphatic rings. The van der Waals surface area contributed by atoms with Crippen molar-refractivity contribution in [3.8, 4) is 0 Å². The van der Waals surface area contributed by atoms with E-state index in [0.29, 0.717) is 23.8 Å². The summed E-state index contributed by atoms with van der Waals surface area (Å²) in [4.78, 5) is 22.1. The Morgan fingerprint density at radius 1 is 1.22 bits per heavy atom. The second-order valence-corrected chi connectivity index (χ2v) is 10.3. The molecule has 11 heteroatoms. The molecule has 5 rings (SSSR count). The summed E-state index contributed by atoms with van der Waals surface area (Å²) < 4.78 is 42.4. The number of alkyl halides is 2. The molecule has 198 valence electrons. The number of halogens is 3. The molecule has 8 nitrogen and oxygen atoms in total. The average molecular weight is 517 g/mol. The van der Waals surface area contributed by atoms with Crippen molar-refractivity contribution in [1.29, 1.82) is 0 Å². The normalized spacial score (nSPS) is 22.2. The summed E-state index contributed by atoms with van der Waals surface area (Å²) in [6.45, 7) is 6.53. The summed E-state index contributed by atoms with van der Waals surface area (Å²) in [5.41, 5.74) is 0.385. The second-order valence-electron chi connectivity index (χ2n) is 10.3. The topological polar surface area (TPSA) is 86.0 Å². The van der Waals surface area contributed by atoms with E-state index >= 15 is 0 Å². The molecule has 1 aromatic carbocycles. The molecule has 37 heavy (non-hydrogen) atoms. The number of likely N-dealkylation sites (tertiary alicyclic amines) is 1. The third-order valence-electron chi connectivity index (χ3n) is 7.53. The van der Waals surface area contributed by atoms with Gasteiger partial charge in [-0.2, -0.15) is 5.10 Å². The number of hydrogen-bond acceptors (Lipinski definition) is 6. The van der Waals surface area contributed by atoms with Crippen molar-refractivity contribution >= 4 is 17.2 Å². The number of rotatable bonds is 6. The van der Waals surface area contributed by atoms with Gasteiger partial charge in [0.2, 0.25) is 0 Å². The molecule has 4 heterocycles. The molecule has 0 aliphatic carbocycles. The van der Waals surface area contributed by atoms with E-state index in [-0.39, 0.29) is 5.56 Å². The van der Waals surface area contributed by atoms with Crippen molar-refractivity contribution < 1.29 is 23.1 Å². The van der Waals surface area contributed by atoms with Gasteiger partial charge in [0.25, 0.3) is 12.3 Å². The van der Waals surface area contributed by atoms with Gasteiger partial charge in [-0.25, -0.2) is 22.7 Å². The first-order valence-corrected chi connectivity index (χ1v) is 12.5. The lowest BCUT2D eigenvalue weighted by molar-refractivity contribution is 0.0597. The Morgan fingerprint density at radius 2 is 1.95 bits per heavy atom. The van der Waals surface area contributed by atoms with Crippen molar-refractivity contribution in [2.45, 2.75) is 57.2 Å². The number of amides is 1. The minimum atomic E-state index is -2.94. The molecular formula is C26H31F3N6O2. The molecule has 2 N–H and O–H groups in total. The number of carbonyl (C=O) groups is 1. The monoisotopic (exact) mass is 516 g/mol. The molecule has 2 aliphatic heterocycles. The van der Waals surface area contributed by atoms with Crippen molar-refractivity contribution in [2.24, 2.45) is 0 Å². The fourth-order valence-electron chi connectivity index (χ4n) is 5.46. The zero-order chi connectivity index (χ0) is 26.3. The largest absolute Gasteiger partial charge is 0.389 e. The zero-order valence-electron chi connectivity index (χ0n) is 20.9. The van der Waals surface area contributed by atoms with Gasteiger partial charge in [0.1, 0.15) is 12.1 Å². The lowest BCUT2D eigenvalue weighted by atomic mass is 10.0. The number of β-amino-alcohol motifs (C(OH)–C–C–N with tert-alkyl or cyclic N) is 1. The standard InChI is InChI=1S/C26H31F3N6O2/c1-16(19-4-3-5-20(22(19)27)23(28)29)32-25(36)17-12-21(24-30-15-31-35(24)13-17)33-9-6-18(7-10-33)34-11-8-26(2,37)14-34/h3-5,12-13,15-16,18,23,37H,6-11,14H2,1-2H3,(H,32,36)/t16-,26-/m1/s1. The Kier molecular flexibility index (Phi) is 6.84. The summed E-state index contributed by atoms with van der Waals surface area (Å²) in [5, 5.41) is 17.3. The Hall–Kier alpha value is -3.18. The predicted octanol–water partition coefficient (Wildman–Crippen LogP) is 3.72. The summed E-state index contributed by atoms with van der Waals surface area (Å²) in [5.74, 6) is -1.48. The first-order chi connectivity index (χ1) is 17.6. The molecule has 1 amide bonds. The van der Waals surface area contributed by atoms with Crippen molar-refractivity contribution in [1.82, 2.24) is 24.8 Å². The summed E-state index contributed by atoms with van der Waals surface area (Å²) >= 11 is 0. The molecule has 3 aromatic rings. The number of carbonyl (C=O) groups excluding carboxylic acids is 1. The summed E-state index contributed by atoms with van der Waals surface area (Å²) in [6.07, 6.45) is 2.65. The molecule has 0 bridgehead atoms. The molecule has 2 saturated heterocycles. The van der Waals surface area contributed by atoms with E-state index in [4.69, 9.17) is 0 Å². The minimum absolute atomic E-state index is 0.00355. The number of piperidine rings is 1. The quantitative estimate of drug-likeness (QED) is 0.520. The molecule has 2 aromatic heterocycles. The van der Waals surface area contributed by atoms with Gasteiger partial charge in [-0.1, -0.05) is 18.2 Å². The number of nitrogens with one attached hydrogen (secondary N) is 1. The number of fused-ring (bicyclic) bond motifs is 1. The van der Waals surface area contributed by atoms with Gasteiger partial charge in [-0.3, -0.25) is 9.69 Å². The van der Waals surface area contributed by atoms with Crippen LogP contribution >= 0.6 is 0 Å². The van der Waals surface area contributed by atoms with E-state index in [0.717, 1.165) is 50.7 Å². The van der Waals surface area contributed by atoms with Crippen molar-refractivity contribution in [3.05, 3.63) is 59.3 Å². The van der Waals surface area contributed by atoms with Gasteiger partial charge in [0, 0.05) is 44.0 Å². The lowest BCUT2D eigenvalue weighted by Crippen LogP contribution is -2.45. The Bertz CT molecular complexity index is 1290. The number of aliphatic hydroxyl groups is 1. The highest BCUT2D eigenvalue weighted by Gasteiger charge is 2.36. The Morgan fingerprint density at radius 3 is 2.62 bits per heavy atom. The van der Waals surface area contributed by atoms with Crippen LogP contribution in [-0.2, 0) is 0 Å². The molecular weight excluding hydrogens is 485 g/mol. The van der Waals surface area contributed by atoms with E-state index in [9.17, 15) is 23.1 Å². The number of hydrogen-bond donors (Lipinski definition) is 2. The minimum Gasteiger partial charge on any atom is -0.389 e.